The molecule has 0 bridgehead atoms. The van der Waals surface area contributed by atoms with E-state index >= 15 is 0 Å². The molecule has 1 nitrogen and oxygen atoms in total. The highest BCUT2D eigenvalue weighted by Gasteiger charge is 2.22. The van der Waals surface area contributed by atoms with Gasteiger partial charge in [0.05, 0.1) is 0 Å². The predicted molar refractivity (Wildman–Crippen MR) is 35.6 cm³/mol. The van der Waals surface area contributed by atoms with Crippen molar-refractivity contribution in [3.63, 3.8) is 0 Å². The molecule has 46 valence electrons. The van der Waals surface area contributed by atoms with Crippen LogP contribution in [-0.4, -0.2) is 23.9 Å². The summed E-state index contributed by atoms with van der Waals surface area (Å²) in [7, 11) is 0. The first-order chi connectivity index (χ1) is 3.84. The molecule has 1 fully saturated rings. The highest BCUT2D eigenvalue weighted by Crippen LogP contribution is 2.12. The van der Waals surface area contributed by atoms with Gasteiger partial charge in [-0.25, -0.2) is 4.58 Å². The van der Waals surface area contributed by atoms with Crippen molar-refractivity contribution in [1.29, 1.82) is 0 Å². The molecular weight excluding hydrogens is 98.1 g/mol. The second-order valence-corrected chi connectivity index (χ2v) is 2.52. The number of hydrogen-bond donors (Lipinski definition) is 0. The van der Waals surface area contributed by atoms with Crippen LogP contribution in [0.2, 0.25) is 0 Å². The second kappa shape index (κ2) is 2.29. The summed E-state index contributed by atoms with van der Waals surface area (Å²) >= 11 is 0. The Labute approximate surface area is 51.0 Å². The first kappa shape index (κ1) is 5.80. The van der Waals surface area contributed by atoms with Gasteiger partial charge >= 0.3 is 0 Å². The van der Waals surface area contributed by atoms with Gasteiger partial charge in [-0.05, 0) is 0 Å². The molecule has 1 saturated heterocycles. The first-order valence-corrected chi connectivity index (χ1v) is 3.41. The summed E-state index contributed by atoms with van der Waals surface area (Å²) in [6, 6.07) is 0.787. The van der Waals surface area contributed by atoms with Crippen LogP contribution in [-0.2, 0) is 0 Å². The minimum atomic E-state index is 0.787. The maximum atomic E-state index is 3.92. The zero-order valence-corrected chi connectivity index (χ0v) is 5.56. The van der Waals surface area contributed by atoms with Crippen LogP contribution in [0.1, 0.15) is 26.2 Å². The van der Waals surface area contributed by atoms with Crippen molar-refractivity contribution in [1.82, 2.24) is 0 Å². The molecular formula is C7H14N+. The number of rotatable bonds is 1. The van der Waals surface area contributed by atoms with Crippen molar-refractivity contribution >= 4 is 6.72 Å². The zero-order valence-electron chi connectivity index (χ0n) is 5.56. The normalized spacial score (nSPS) is 29.1. The minimum Gasteiger partial charge on any atom is -0.240 e. The lowest BCUT2D eigenvalue weighted by atomic mass is 10.2. The maximum absolute atomic E-state index is 3.92. The lowest BCUT2D eigenvalue weighted by Crippen LogP contribution is -2.15. The molecule has 0 aromatic heterocycles. The molecule has 1 aliphatic heterocycles. The van der Waals surface area contributed by atoms with Crippen molar-refractivity contribution < 1.29 is 4.58 Å². The van der Waals surface area contributed by atoms with Crippen molar-refractivity contribution in [3.8, 4) is 0 Å². The van der Waals surface area contributed by atoms with E-state index in [9.17, 15) is 0 Å². The van der Waals surface area contributed by atoms with Gasteiger partial charge in [-0.15, -0.1) is 0 Å². The molecule has 1 rings (SSSR count). The fraction of sp³-hybridized carbons (Fsp3) is 0.857. The lowest BCUT2D eigenvalue weighted by Gasteiger charge is -1.99. The fourth-order valence-corrected chi connectivity index (χ4v) is 1.36. The quantitative estimate of drug-likeness (QED) is 0.449. The standard InChI is InChI=1S/C7H14N/c1-3-7-5-4-6-8(7)2/h7H,2-6H2,1H3/q+1. The fourth-order valence-electron chi connectivity index (χ4n) is 1.36. The summed E-state index contributed by atoms with van der Waals surface area (Å²) < 4.78 is 2.21. The molecule has 0 amide bonds. The van der Waals surface area contributed by atoms with E-state index in [-0.39, 0.29) is 0 Å². The van der Waals surface area contributed by atoms with Crippen molar-refractivity contribution in [2.45, 2.75) is 32.2 Å². The van der Waals surface area contributed by atoms with E-state index in [2.05, 4.69) is 18.2 Å². The van der Waals surface area contributed by atoms with Crippen LogP contribution < -0.4 is 0 Å². The first-order valence-electron chi connectivity index (χ1n) is 3.41. The van der Waals surface area contributed by atoms with Gasteiger partial charge in [0.15, 0.2) is 6.04 Å². The predicted octanol–water partition coefficient (Wildman–Crippen LogP) is 1.27. The Morgan fingerprint density at radius 2 is 2.50 bits per heavy atom. The van der Waals surface area contributed by atoms with E-state index in [0.29, 0.717) is 0 Å². The Bertz CT molecular complexity index is 96.6. The third-order valence-electron chi connectivity index (χ3n) is 1.97. The monoisotopic (exact) mass is 112 g/mol. The minimum absolute atomic E-state index is 0.787. The van der Waals surface area contributed by atoms with Crippen LogP contribution in [0, 0.1) is 0 Å². The van der Waals surface area contributed by atoms with Crippen LogP contribution in [0.5, 0.6) is 0 Å². The van der Waals surface area contributed by atoms with E-state index in [4.69, 9.17) is 0 Å². The van der Waals surface area contributed by atoms with Gasteiger partial charge in [0.25, 0.3) is 0 Å². The van der Waals surface area contributed by atoms with Crippen LogP contribution in [0.25, 0.3) is 0 Å². The molecule has 1 heterocycles. The van der Waals surface area contributed by atoms with E-state index in [1.807, 2.05) is 0 Å². The van der Waals surface area contributed by atoms with Crippen LogP contribution in [0.15, 0.2) is 0 Å². The molecule has 8 heavy (non-hydrogen) atoms. The Morgan fingerprint density at radius 3 is 2.75 bits per heavy atom. The van der Waals surface area contributed by atoms with Gasteiger partial charge in [-0.2, -0.15) is 0 Å². The van der Waals surface area contributed by atoms with Crippen molar-refractivity contribution in [2.75, 3.05) is 6.54 Å². The highest BCUT2D eigenvalue weighted by atomic mass is 15.0. The molecule has 0 saturated carbocycles. The summed E-state index contributed by atoms with van der Waals surface area (Å²) in [6.45, 7) is 7.36. The van der Waals surface area contributed by atoms with E-state index < -0.39 is 0 Å². The summed E-state index contributed by atoms with van der Waals surface area (Å²) in [4.78, 5) is 0. The van der Waals surface area contributed by atoms with Gasteiger partial charge in [-0.1, -0.05) is 6.92 Å². The van der Waals surface area contributed by atoms with Gasteiger partial charge < -0.3 is 0 Å². The molecule has 0 aromatic carbocycles. The van der Waals surface area contributed by atoms with Gasteiger partial charge in [0.1, 0.15) is 13.3 Å². The summed E-state index contributed by atoms with van der Waals surface area (Å²) in [5.74, 6) is 0. The topological polar surface area (TPSA) is 3.01 Å². The molecule has 0 spiro atoms. The molecule has 1 heteroatoms. The number of nitrogens with zero attached hydrogens (tertiary/aromatic N) is 1. The largest absolute Gasteiger partial charge is 0.240 e. The second-order valence-electron chi connectivity index (χ2n) is 2.52. The van der Waals surface area contributed by atoms with Crippen molar-refractivity contribution in [2.24, 2.45) is 0 Å². The molecule has 1 atom stereocenters. The van der Waals surface area contributed by atoms with E-state index in [1.165, 1.54) is 25.8 Å². The Hall–Kier alpha value is -0.330. The summed E-state index contributed by atoms with van der Waals surface area (Å²) in [6.07, 6.45) is 3.98. The average Bonchev–Trinajstić information content (AvgIpc) is 2.14. The van der Waals surface area contributed by atoms with E-state index in [0.717, 1.165) is 6.04 Å². The van der Waals surface area contributed by atoms with Gasteiger partial charge in [0.2, 0.25) is 0 Å². The summed E-state index contributed by atoms with van der Waals surface area (Å²) in [5.41, 5.74) is 0. The molecule has 1 aliphatic rings. The lowest BCUT2D eigenvalue weighted by molar-refractivity contribution is -0.536. The van der Waals surface area contributed by atoms with E-state index in [1.54, 1.807) is 0 Å². The Kier molecular flexibility index (Phi) is 1.66. The van der Waals surface area contributed by atoms with Crippen LogP contribution in [0.3, 0.4) is 0 Å². The Balaban J connectivity index is 2.42. The third-order valence-corrected chi connectivity index (χ3v) is 1.97. The summed E-state index contributed by atoms with van der Waals surface area (Å²) in [5, 5.41) is 0. The Morgan fingerprint density at radius 1 is 1.75 bits per heavy atom. The van der Waals surface area contributed by atoms with Crippen LogP contribution in [0.4, 0.5) is 0 Å². The molecule has 1 unspecified atom stereocenters. The highest BCUT2D eigenvalue weighted by molar-refractivity contribution is 5.15. The SMILES string of the molecule is C=[N+]1CCCC1CC. The third kappa shape index (κ3) is 0.908. The van der Waals surface area contributed by atoms with Crippen molar-refractivity contribution in [3.05, 3.63) is 0 Å². The number of hydrogen-bond acceptors (Lipinski definition) is 0. The zero-order chi connectivity index (χ0) is 5.98. The smallest absolute Gasteiger partial charge is 0.152 e. The maximum Gasteiger partial charge on any atom is 0.152 e. The molecule has 0 aliphatic carbocycles. The van der Waals surface area contributed by atoms with Crippen LogP contribution >= 0.6 is 0 Å². The van der Waals surface area contributed by atoms with Gasteiger partial charge in [0, 0.05) is 19.3 Å². The molecule has 0 N–H and O–H groups in total. The van der Waals surface area contributed by atoms with Gasteiger partial charge in [-0.3, -0.25) is 0 Å². The molecule has 0 radical (unpaired) electrons. The molecule has 0 aromatic rings. The average molecular weight is 112 g/mol.